The lowest BCUT2D eigenvalue weighted by atomic mass is 10.2. The Morgan fingerprint density at radius 3 is 2.16 bits per heavy atom. The molecule has 0 saturated carbocycles. The summed E-state index contributed by atoms with van der Waals surface area (Å²) in [5.41, 5.74) is 2.38. The van der Waals surface area contributed by atoms with E-state index in [4.69, 9.17) is 4.74 Å². The van der Waals surface area contributed by atoms with Gasteiger partial charge in [0.25, 0.3) is 0 Å². The maximum absolute atomic E-state index is 11.2. The molecule has 0 bridgehead atoms. The predicted octanol–water partition coefficient (Wildman–Crippen LogP) is 5.40. The van der Waals surface area contributed by atoms with E-state index in [1.54, 1.807) is 12.1 Å². The minimum Gasteiger partial charge on any atom is -0.455 e. The number of amides is 1. The van der Waals surface area contributed by atoms with Crippen LogP contribution < -0.4 is 15.4 Å². The third-order valence-corrected chi connectivity index (χ3v) is 3.45. The number of anilines is 3. The highest BCUT2D eigenvalue weighted by atomic mass is 16.5. The van der Waals surface area contributed by atoms with Crippen LogP contribution in [0, 0.1) is 0 Å². The Morgan fingerprint density at radius 2 is 1.44 bits per heavy atom. The molecular formula is C20H18N2O3. The molecule has 1 amide bonds. The lowest BCUT2D eigenvalue weighted by Gasteiger charge is -2.13. The van der Waals surface area contributed by atoms with Crippen LogP contribution in [0.3, 0.4) is 0 Å². The summed E-state index contributed by atoms with van der Waals surface area (Å²) < 4.78 is 10.5. The highest BCUT2D eigenvalue weighted by Crippen LogP contribution is 2.31. The number of para-hydroxylation sites is 3. The average Bonchev–Trinajstić information content (AvgIpc) is 2.65. The van der Waals surface area contributed by atoms with E-state index in [9.17, 15) is 4.79 Å². The zero-order valence-electron chi connectivity index (χ0n) is 13.7. The number of nitrogens with one attached hydrogen (secondary N) is 2. The zero-order chi connectivity index (χ0) is 17.5. The molecule has 0 radical (unpaired) electrons. The summed E-state index contributed by atoms with van der Waals surface area (Å²) in [4.78, 5) is 11.2. The molecule has 0 aliphatic rings. The Kier molecular flexibility index (Phi) is 5.16. The third-order valence-electron chi connectivity index (χ3n) is 3.45. The van der Waals surface area contributed by atoms with Gasteiger partial charge in [-0.25, -0.2) is 4.79 Å². The van der Waals surface area contributed by atoms with Gasteiger partial charge in [0.1, 0.15) is 5.75 Å². The Hall–Kier alpha value is -3.47. The van der Waals surface area contributed by atoms with Crippen molar-refractivity contribution in [2.24, 2.45) is 0 Å². The van der Waals surface area contributed by atoms with Gasteiger partial charge in [-0.2, -0.15) is 0 Å². The quantitative estimate of drug-likeness (QED) is 0.656. The SMILES string of the molecule is COC(=O)Nc1ccc(Nc2ccccc2Oc2ccccc2)cc1. The fourth-order valence-corrected chi connectivity index (χ4v) is 2.24. The van der Waals surface area contributed by atoms with Gasteiger partial charge in [-0.05, 0) is 48.5 Å². The second kappa shape index (κ2) is 7.88. The third kappa shape index (κ3) is 4.51. The van der Waals surface area contributed by atoms with E-state index < -0.39 is 6.09 Å². The van der Waals surface area contributed by atoms with Gasteiger partial charge in [-0.15, -0.1) is 0 Å². The second-order valence-corrected chi connectivity index (χ2v) is 5.23. The number of hydrogen-bond donors (Lipinski definition) is 2. The summed E-state index contributed by atoms with van der Waals surface area (Å²) in [5.74, 6) is 1.50. The monoisotopic (exact) mass is 334 g/mol. The molecule has 0 atom stereocenters. The normalized spacial score (nSPS) is 9.96. The van der Waals surface area contributed by atoms with E-state index in [0.29, 0.717) is 5.69 Å². The van der Waals surface area contributed by atoms with Crippen molar-refractivity contribution in [2.45, 2.75) is 0 Å². The van der Waals surface area contributed by atoms with Crippen LogP contribution in [0.15, 0.2) is 78.9 Å². The summed E-state index contributed by atoms with van der Waals surface area (Å²) >= 11 is 0. The molecule has 0 aliphatic heterocycles. The fraction of sp³-hybridized carbons (Fsp3) is 0.0500. The summed E-state index contributed by atoms with van der Waals surface area (Å²) in [5, 5.41) is 5.93. The Morgan fingerprint density at radius 1 is 0.800 bits per heavy atom. The van der Waals surface area contributed by atoms with Crippen LogP contribution >= 0.6 is 0 Å². The van der Waals surface area contributed by atoms with Crippen molar-refractivity contribution in [3.63, 3.8) is 0 Å². The number of benzene rings is 3. The molecule has 2 N–H and O–H groups in total. The molecule has 3 aromatic rings. The molecule has 0 spiro atoms. The molecule has 0 heterocycles. The summed E-state index contributed by atoms with van der Waals surface area (Å²) in [7, 11) is 1.33. The standard InChI is InChI=1S/C20H18N2O3/c1-24-20(23)22-16-13-11-15(12-14-16)21-18-9-5-6-10-19(18)25-17-7-3-2-4-8-17/h2-14,21H,1H3,(H,22,23). The van der Waals surface area contributed by atoms with Crippen molar-refractivity contribution in [1.29, 1.82) is 0 Å². The Bertz CT molecular complexity index is 833. The summed E-state index contributed by atoms with van der Waals surface area (Å²) in [6.45, 7) is 0. The molecular weight excluding hydrogens is 316 g/mol. The van der Waals surface area contributed by atoms with Gasteiger partial charge in [-0.3, -0.25) is 5.32 Å². The summed E-state index contributed by atoms with van der Waals surface area (Å²) in [6, 6.07) is 24.6. The van der Waals surface area contributed by atoms with Crippen LogP contribution in [0.4, 0.5) is 21.9 Å². The number of carbonyl (C=O) groups excluding carboxylic acids is 1. The molecule has 3 aromatic carbocycles. The summed E-state index contributed by atoms with van der Waals surface area (Å²) in [6.07, 6.45) is -0.498. The molecule has 3 rings (SSSR count). The molecule has 0 aliphatic carbocycles. The first-order valence-electron chi connectivity index (χ1n) is 7.78. The van der Waals surface area contributed by atoms with Crippen molar-refractivity contribution in [3.8, 4) is 11.5 Å². The van der Waals surface area contributed by atoms with Gasteiger partial charge in [0, 0.05) is 11.4 Å². The first-order chi connectivity index (χ1) is 12.2. The average molecular weight is 334 g/mol. The number of rotatable bonds is 5. The van der Waals surface area contributed by atoms with Gasteiger partial charge < -0.3 is 14.8 Å². The lowest BCUT2D eigenvalue weighted by molar-refractivity contribution is 0.187. The van der Waals surface area contributed by atoms with Gasteiger partial charge in [0.05, 0.1) is 12.8 Å². The Balaban J connectivity index is 1.73. The van der Waals surface area contributed by atoms with E-state index >= 15 is 0 Å². The van der Waals surface area contributed by atoms with Crippen LogP contribution in [0.1, 0.15) is 0 Å². The van der Waals surface area contributed by atoms with Gasteiger partial charge >= 0.3 is 6.09 Å². The molecule has 5 heteroatoms. The fourth-order valence-electron chi connectivity index (χ4n) is 2.24. The topological polar surface area (TPSA) is 59.6 Å². The van der Waals surface area contributed by atoms with E-state index in [-0.39, 0.29) is 0 Å². The molecule has 0 saturated heterocycles. The van der Waals surface area contributed by atoms with E-state index in [0.717, 1.165) is 22.9 Å². The van der Waals surface area contributed by atoms with Gasteiger partial charge in [0.15, 0.2) is 5.75 Å². The molecule has 0 unspecified atom stereocenters. The van der Waals surface area contributed by atoms with Crippen LogP contribution in [0.2, 0.25) is 0 Å². The van der Waals surface area contributed by atoms with Crippen LogP contribution in [0.25, 0.3) is 0 Å². The number of ether oxygens (including phenoxy) is 2. The first kappa shape index (κ1) is 16.4. The largest absolute Gasteiger partial charge is 0.455 e. The van der Waals surface area contributed by atoms with Crippen molar-refractivity contribution in [3.05, 3.63) is 78.9 Å². The number of hydrogen-bond acceptors (Lipinski definition) is 4. The molecule has 126 valence electrons. The molecule has 25 heavy (non-hydrogen) atoms. The minimum absolute atomic E-state index is 0.498. The minimum atomic E-state index is -0.498. The van der Waals surface area contributed by atoms with Gasteiger partial charge in [-0.1, -0.05) is 30.3 Å². The van der Waals surface area contributed by atoms with Crippen molar-refractivity contribution < 1.29 is 14.3 Å². The number of methoxy groups -OCH3 is 1. The first-order valence-corrected chi connectivity index (χ1v) is 7.78. The second-order valence-electron chi connectivity index (χ2n) is 5.23. The van der Waals surface area contributed by atoms with Crippen molar-refractivity contribution in [2.75, 3.05) is 17.7 Å². The maximum atomic E-state index is 11.2. The van der Waals surface area contributed by atoms with Crippen LogP contribution in [-0.4, -0.2) is 13.2 Å². The maximum Gasteiger partial charge on any atom is 0.411 e. The predicted molar refractivity (Wildman–Crippen MR) is 98.7 cm³/mol. The van der Waals surface area contributed by atoms with Gasteiger partial charge in [0.2, 0.25) is 0 Å². The van der Waals surface area contributed by atoms with E-state index in [1.807, 2.05) is 66.7 Å². The van der Waals surface area contributed by atoms with E-state index in [2.05, 4.69) is 15.4 Å². The van der Waals surface area contributed by atoms with E-state index in [1.165, 1.54) is 7.11 Å². The van der Waals surface area contributed by atoms with Crippen LogP contribution in [0.5, 0.6) is 11.5 Å². The molecule has 5 nitrogen and oxygen atoms in total. The Labute approximate surface area is 146 Å². The highest BCUT2D eigenvalue weighted by Gasteiger charge is 2.05. The highest BCUT2D eigenvalue weighted by molar-refractivity contribution is 5.84. The van der Waals surface area contributed by atoms with Crippen molar-refractivity contribution >= 4 is 23.2 Å². The number of carbonyl (C=O) groups is 1. The van der Waals surface area contributed by atoms with Crippen LogP contribution in [-0.2, 0) is 4.74 Å². The smallest absolute Gasteiger partial charge is 0.411 e. The molecule has 0 fully saturated rings. The molecule has 0 aromatic heterocycles. The zero-order valence-corrected chi connectivity index (χ0v) is 13.7. The van der Waals surface area contributed by atoms with Crippen molar-refractivity contribution in [1.82, 2.24) is 0 Å². The lowest BCUT2D eigenvalue weighted by Crippen LogP contribution is -2.10.